The minimum Gasteiger partial charge on any atom is -0.358 e. The van der Waals surface area contributed by atoms with E-state index in [9.17, 15) is 4.79 Å². The van der Waals surface area contributed by atoms with Gasteiger partial charge in [0.15, 0.2) is 5.82 Å². The molecular formula is C21H30N7OY-. The van der Waals surface area contributed by atoms with E-state index in [0.29, 0.717) is 6.54 Å². The maximum atomic E-state index is 11.6. The molecule has 1 aliphatic rings. The zero-order valence-electron chi connectivity index (χ0n) is 18.3. The van der Waals surface area contributed by atoms with Gasteiger partial charge >= 0.3 is 0 Å². The van der Waals surface area contributed by atoms with E-state index in [4.69, 9.17) is 0 Å². The molecule has 1 fully saturated rings. The monoisotopic (exact) mass is 485 g/mol. The number of carbonyl (C=O) groups excluding carboxylic acids is 1. The molecule has 8 nitrogen and oxygen atoms in total. The van der Waals surface area contributed by atoms with Crippen LogP contribution < -0.4 is 0 Å². The molecule has 30 heavy (non-hydrogen) atoms. The van der Waals surface area contributed by atoms with Crippen LogP contribution in [0, 0.1) is 7.43 Å². The number of piperidine rings is 1. The normalized spacial score (nSPS) is 13.5. The molecular weight excluding hydrogens is 455 g/mol. The molecule has 0 saturated carbocycles. The van der Waals surface area contributed by atoms with Crippen molar-refractivity contribution in [1.29, 1.82) is 0 Å². The molecule has 3 aromatic rings. The zero-order valence-corrected chi connectivity index (χ0v) is 21.1. The Labute approximate surface area is 203 Å². The van der Waals surface area contributed by atoms with Gasteiger partial charge in [0, 0.05) is 64.3 Å². The smallest absolute Gasteiger partial charge is 0.219 e. The van der Waals surface area contributed by atoms with Crippen LogP contribution in [0.3, 0.4) is 0 Å². The Bertz CT molecular complexity index is 872. The zero-order chi connectivity index (χ0) is 19.9. The number of hydrogen-bond donors (Lipinski definition) is 0. The Balaban J connectivity index is 0.00000109. The topological polar surface area (TPSA) is 81.7 Å². The summed E-state index contributed by atoms with van der Waals surface area (Å²) in [6, 6.07) is 10.1. The number of benzene rings is 1. The van der Waals surface area contributed by atoms with Crippen LogP contribution in [-0.4, -0.2) is 53.7 Å². The van der Waals surface area contributed by atoms with Crippen molar-refractivity contribution in [3.8, 4) is 5.69 Å². The van der Waals surface area contributed by atoms with Gasteiger partial charge in [-0.1, -0.05) is 32.0 Å². The van der Waals surface area contributed by atoms with E-state index >= 15 is 0 Å². The first-order valence-corrected chi connectivity index (χ1v) is 9.81. The summed E-state index contributed by atoms with van der Waals surface area (Å²) in [5.41, 5.74) is 1.03. The summed E-state index contributed by atoms with van der Waals surface area (Å²) in [5.74, 6) is 2.16. The minimum atomic E-state index is 0. The summed E-state index contributed by atoms with van der Waals surface area (Å²) < 4.78 is 2.11. The summed E-state index contributed by atoms with van der Waals surface area (Å²) in [5, 5.41) is 17.3. The molecule has 159 valence electrons. The second kappa shape index (κ2) is 12.7. The molecule has 1 radical (unpaired) electrons. The molecule has 1 amide bonds. The summed E-state index contributed by atoms with van der Waals surface area (Å²) in [7, 11) is 0. The summed E-state index contributed by atoms with van der Waals surface area (Å²) in [6.07, 6.45) is 5.10. The average molecular weight is 485 g/mol. The van der Waals surface area contributed by atoms with Gasteiger partial charge < -0.3 is 12.3 Å². The molecule has 3 heterocycles. The van der Waals surface area contributed by atoms with Crippen molar-refractivity contribution in [2.45, 2.75) is 46.1 Å². The van der Waals surface area contributed by atoms with Crippen LogP contribution in [0.1, 0.15) is 51.2 Å². The second-order valence-corrected chi connectivity index (χ2v) is 6.49. The molecule has 0 N–H and O–H groups in total. The minimum absolute atomic E-state index is 0. The van der Waals surface area contributed by atoms with Gasteiger partial charge in [-0.15, -0.1) is 10.2 Å². The third kappa shape index (κ3) is 6.05. The molecule has 1 aromatic carbocycles. The quantitative estimate of drug-likeness (QED) is 0.531. The SMILES string of the molecule is CC.CC(=O)N1CCC(c2nnc(Cn3nccn3)n2-c2ccccc2)CC1.[CH3-].[Y]. The molecule has 9 heteroatoms. The first kappa shape index (κ1) is 26.1. The number of hydrogen-bond acceptors (Lipinski definition) is 5. The van der Waals surface area contributed by atoms with Crippen LogP contribution in [0.15, 0.2) is 42.7 Å². The predicted octanol–water partition coefficient (Wildman–Crippen LogP) is 3.11. The van der Waals surface area contributed by atoms with Crippen molar-refractivity contribution < 1.29 is 37.5 Å². The Kier molecular flexibility index (Phi) is 11.1. The first-order chi connectivity index (χ1) is 13.7. The van der Waals surface area contributed by atoms with E-state index in [2.05, 4.69) is 37.1 Å². The van der Waals surface area contributed by atoms with E-state index in [1.165, 1.54) is 0 Å². The summed E-state index contributed by atoms with van der Waals surface area (Å²) >= 11 is 0. The van der Waals surface area contributed by atoms with Crippen LogP contribution in [0.4, 0.5) is 0 Å². The number of para-hydroxylation sites is 1. The predicted molar refractivity (Wildman–Crippen MR) is 112 cm³/mol. The molecule has 0 atom stereocenters. The van der Waals surface area contributed by atoms with E-state index in [-0.39, 0.29) is 52.0 Å². The van der Waals surface area contributed by atoms with E-state index in [1.807, 2.05) is 36.9 Å². The van der Waals surface area contributed by atoms with Crippen molar-refractivity contribution in [2.75, 3.05) is 13.1 Å². The Morgan fingerprint density at radius 3 is 2.20 bits per heavy atom. The van der Waals surface area contributed by atoms with Gasteiger partial charge in [0.2, 0.25) is 5.91 Å². The van der Waals surface area contributed by atoms with E-state index < -0.39 is 0 Å². The van der Waals surface area contributed by atoms with Gasteiger partial charge in [-0.05, 0) is 25.0 Å². The largest absolute Gasteiger partial charge is 0.358 e. The number of aromatic nitrogens is 6. The van der Waals surface area contributed by atoms with Crippen LogP contribution in [0.25, 0.3) is 5.69 Å². The van der Waals surface area contributed by atoms with Crippen molar-refractivity contribution >= 4 is 5.91 Å². The van der Waals surface area contributed by atoms with Gasteiger partial charge in [0.05, 0.1) is 12.4 Å². The van der Waals surface area contributed by atoms with Crippen molar-refractivity contribution in [3.05, 3.63) is 61.8 Å². The van der Waals surface area contributed by atoms with E-state index in [1.54, 1.807) is 24.1 Å². The number of nitrogens with zero attached hydrogens (tertiary/aromatic N) is 7. The summed E-state index contributed by atoms with van der Waals surface area (Å²) in [6.45, 7) is 7.61. The second-order valence-electron chi connectivity index (χ2n) is 6.49. The number of rotatable bonds is 4. The molecule has 0 unspecified atom stereocenters. The van der Waals surface area contributed by atoms with Gasteiger partial charge in [-0.3, -0.25) is 9.36 Å². The molecule has 0 spiro atoms. The molecule has 0 bridgehead atoms. The third-order valence-corrected chi connectivity index (χ3v) is 4.82. The Hall–Kier alpha value is -1.93. The molecule has 1 aliphatic heterocycles. The number of amides is 1. The fraction of sp³-hybridized carbons (Fsp3) is 0.429. The van der Waals surface area contributed by atoms with Crippen LogP contribution in [0.5, 0.6) is 0 Å². The van der Waals surface area contributed by atoms with Gasteiger partial charge in [0.25, 0.3) is 0 Å². The van der Waals surface area contributed by atoms with E-state index in [0.717, 1.165) is 43.3 Å². The van der Waals surface area contributed by atoms with Crippen molar-refractivity contribution in [3.63, 3.8) is 0 Å². The van der Waals surface area contributed by atoms with Gasteiger partial charge in [-0.2, -0.15) is 15.0 Å². The Morgan fingerprint density at radius 1 is 1.03 bits per heavy atom. The van der Waals surface area contributed by atoms with Crippen LogP contribution in [0.2, 0.25) is 0 Å². The van der Waals surface area contributed by atoms with Gasteiger partial charge in [-0.25, -0.2) is 0 Å². The van der Waals surface area contributed by atoms with Crippen molar-refractivity contribution in [2.24, 2.45) is 0 Å². The number of likely N-dealkylation sites (tertiary alicyclic amines) is 1. The average Bonchev–Trinajstić information content (AvgIpc) is 3.40. The summed E-state index contributed by atoms with van der Waals surface area (Å²) in [4.78, 5) is 15.1. The Morgan fingerprint density at radius 2 is 1.63 bits per heavy atom. The van der Waals surface area contributed by atoms with Crippen LogP contribution >= 0.6 is 0 Å². The maximum absolute atomic E-state index is 11.6. The molecule has 4 rings (SSSR count). The fourth-order valence-electron chi connectivity index (χ4n) is 3.46. The van der Waals surface area contributed by atoms with Gasteiger partial charge in [0.1, 0.15) is 12.4 Å². The molecule has 2 aromatic heterocycles. The standard InChI is InChI=1S/C18H21N7O.C2H6.CH3.Y/c1-14(26)23-11-7-15(8-12-23)18-22-21-17(13-24-19-9-10-20-24)25(18)16-5-3-2-4-6-16;1-2;;/h2-6,9-10,15H,7-8,11-13H2,1H3;1-2H3;1H3;/q;;-1;. The maximum Gasteiger partial charge on any atom is 0.219 e. The van der Waals surface area contributed by atoms with Crippen LogP contribution in [-0.2, 0) is 44.0 Å². The van der Waals surface area contributed by atoms with Crippen molar-refractivity contribution in [1.82, 2.24) is 34.7 Å². The fourth-order valence-corrected chi connectivity index (χ4v) is 3.46. The molecule has 1 saturated heterocycles. The molecule has 0 aliphatic carbocycles. The first-order valence-electron chi connectivity index (χ1n) is 9.81. The number of carbonyl (C=O) groups is 1. The third-order valence-electron chi connectivity index (χ3n) is 4.82.